The molecule has 0 aliphatic heterocycles. The maximum Gasteiger partial charge on any atom is 0.573 e. The van der Waals surface area contributed by atoms with E-state index in [4.69, 9.17) is 4.74 Å². The number of H-pyrrole nitrogens is 1. The zero-order valence-corrected chi connectivity index (χ0v) is 15.2. The molecule has 0 amide bonds. The highest BCUT2D eigenvalue weighted by Gasteiger charge is 2.30. The van der Waals surface area contributed by atoms with E-state index in [1.807, 2.05) is 18.2 Å². The highest BCUT2D eigenvalue weighted by molar-refractivity contribution is 5.86. The summed E-state index contributed by atoms with van der Waals surface area (Å²) >= 11 is 0. The van der Waals surface area contributed by atoms with Gasteiger partial charge >= 0.3 is 6.36 Å². The van der Waals surface area contributed by atoms with Gasteiger partial charge in [-0.05, 0) is 55.0 Å². The van der Waals surface area contributed by atoms with Crippen molar-refractivity contribution in [2.24, 2.45) is 0 Å². The summed E-state index contributed by atoms with van der Waals surface area (Å²) in [6, 6.07) is 12.0. The molecule has 0 bridgehead atoms. The van der Waals surface area contributed by atoms with E-state index in [0.717, 1.165) is 40.9 Å². The molecule has 0 aliphatic carbocycles. The van der Waals surface area contributed by atoms with Crippen LogP contribution in [-0.4, -0.2) is 25.0 Å². The molecule has 3 rings (SSSR count). The summed E-state index contributed by atoms with van der Waals surface area (Å²) in [5, 5.41) is 3.30. The highest BCUT2D eigenvalue weighted by Crippen LogP contribution is 2.26. The number of ether oxygens (including phenoxy) is 2. The number of hydrogen-bond acceptors (Lipinski definition) is 2. The van der Waals surface area contributed by atoms with Crippen LogP contribution in [0.5, 0.6) is 11.5 Å². The largest absolute Gasteiger partial charge is 0.573 e. The molecule has 0 atom stereocenters. The number of hydrogen-bond donors (Lipinski definition) is 2. The number of aromatic nitrogens is 1. The van der Waals surface area contributed by atoms with Crippen molar-refractivity contribution in [2.45, 2.75) is 26.3 Å². The van der Waals surface area contributed by atoms with Gasteiger partial charge in [0, 0.05) is 28.6 Å². The van der Waals surface area contributed by atoms with E-state index < -0.39 is 6.36 Å². The number of aromatic amines is 1. The van der Waals surface area contributed by atoms with Gasteiger partial charge in [-0.1, -0.05) is 0 Å². The monoisotopic (exact) mass is 379 g/mol. The second-order valence-electron chi connectivity index (χ2n) is 6.36. The molecule has 1 heterocycles. The lowest BCUT2D eigenvalue weighted by molar-refractivity contribution is -0.670. The molecule has 0 fully saturated rings. The number of rotatable bonds is 7. The average Bonchev–Trinajstić information content (AvgIpc) is 2.93. The molecule has 3 N–H and O–H groups in total. The van der Waals surface area contributed by atoms with Gasteiger partial charge in [-0.25, -0.2) is 0 Å². The highest BCUT2D eigenvalue weighted by atomic mass is 19.4. The van der Waals surface area contributed by atoms with Gasteiger partial charge < -0.3 is 19.8 Å². The Labute approximate surface area is 155 Å². The first kappa shape index (κ1) is 19.1. The van der Waals surface area contributed by atoms with Gasteiger partial charge in [0.1, 0.15) is 18.0 Å². The molecule has 2 aromatic carbocycles. The molecule has 1 aromatic heterocycles. The lowest BCUT2D eigenvalue weighted by atomic mass is 10.1. The van der Waals surface area contributed by atoms with Crippen LogP contribution in [0.2, 0.25) is 0 Å². The van der Waals surface area contributed by atoms with Crippen molar-refractivity contribution in [2.75, 3.05) is 13.7 Å². The SMILES string of the molecule is COc1ccc2[nH]c(C)c(CC[NH2+]Cc3ccc(OC(F)(F)F)cc3)c2c1. The molecular weight excluding hydrogens is 357 g/mol. The van der Waals surface area contributed by atoms with Crippen molar-refractivity contribution in [3.63, 3.8) is 0 Å². The maximum atomic E-state index is 12.2. The topological polar surface area (TPSA) is 50.9 Å². The minimum Gasteiger partial charge on any atom is -0.497 e. The average molecular weight is 379 g/mol. The number of benzene rings is 2. The standard InChI is InChI=1S/C20H21F3N2O2/c1-13-17(18-11-16(26-2)7-8-19(18)25-13)9-10-24-12-14-3-5-15(6-4-14)27-20(21,22)23/h3-8,11,24-25H,9-10,12H2,1-2H3/p+1. The summed E-state index contributed by atoms with van der Waals surface area (Å²) in [6.45, 7) is 3.62. The van der Waals surface area contributed by atoms with Crippen molar-refractivity contribution in [3.8, 4) is 11.5 Å². The Morgan fingerprint density at radius 3 is 2.41 bits per heavy atom. The molecule has 0 saturated heterocycles. The van der Waals surface area contributed by atoms with Gasteiger partial charge in [0.05, 0.1) is 13.7 Å². The summed E-state index contributed by atoms with van der Waals surface area (Å²) in [5.41, 5.74) is 4.43. The van der Waals surface area contributed by atoms with Crippen LogP contribution in [0.1, 0.15) is 16.8 Å². The van der Waals surface area contributed by atoms with Crippen LogP contribution >= 0.6 is 0 Å². The predicted octanol–water partition coefficient (Wildman–Crippen LogP) is 3.69. The molecule has 0 aliphatic rings. The normalized spacial score (nSPS) is 11.7. The molecule has 0 spiro atoms. The third-order valence-corrected chi connectivity index (χ3v) is 4.46. The first-order valence-electron chi connectivity index (χ1n) is 8.67. The van der Waals surface area contributed by atoms with Crippen LogP contribution in [0.25, 0.3) is 10.9 Å². The van der Waals surface area contributed by atoms with Gasteiger partial charge in [0.25, 0.3) is 0 Å². The first-order valence-corrected chi connectivity index (χ1v) is 8.67. The van der Waals surface area contributed by atoms with E-state index in [2.05, 4.69) is 22.0 Å². The molecule has 144 valence electrons. The lowest BCUT2D eigenvalue weighted by Gasteiger charge is -2.09. The first-order chi connectivity index (χ1) is 12.9. The third kappa shape index (κ3) is 4.95. The number of nitrogens with two attached hydrogens (primary N) is 1. The third-order valence-electron chi connectivity index (χ3n) is 4.46. The molecule has 3 aromatic rings. The minimum atomic E-state index is -4.66. The number of alkyl halides is 3. The van der Waals surface area contributed by atoms with Crippen molar-refractivity contribution in [1.82, 2.24) is 4.98 Å². The fourth-order valence-electron chi connectivity index (χ4n) is 3.15. The number of halogens is 3. The van der Waals surface area contributed by atoms with E-state index in [-0.39, 0.29) is 5.75 Å². The van der Waals surface area contributed by atoms with Gasteiger partial charge in [0.15, 0.2) is 0 Å². The fraction of sp³-hybridized carbons (Fsp3) is 0.300. The van der Waals surface area contributed by atoms with Crippen LogP contribution in [0.4, 0.5) is 13.2 Å². The van der Waals surface area contributed by atoms with E-state index in [0.29, 0.717) is 6.54 Å². The molecule has 7 heteroatoms. The Hall–Kier alpha value is -2.67. The van der Waals surface area contributed by atoms with E-state index in [9.17, 15) is 13.2 Å². The quantitative estimate of drug-likeness (QED) is 0.615. The Balaban J connectivity index is 1.56. The van der Waals surface area contributed by atoms with Crippen LogP contribution in [-0.2, 0) is 13.0 Å². The molecule has 27 heavy (non-hydrogen) atoms. The molecule has 4 nitrogen and oxygen atoms in total. The van der Waals surface area contributed by atoms with Crippen molar-refractivity contribution in [1.29, 1.82) is 0 Å². The van der Waals surface area contributed by atoms with E-state index in [1.54, 1.807) is 19.2 Å². The second-order valence-corrected chi connectivity index (χ2v) is 6.36. The minimum absolute atomic E-state index is 0.199. The smallest absolute Gasteiger partial charge is 0.497 e. The van der Waals surface area contributed by atoms with E-state index in [1.165, 1.54) is 17.7 Å². The van der Waals surface area contributed by atoms with Crippen LogP contribution in [0, 0.1) is 6.92 Å². The van der Waals surface area contributed by atoms with Crippen molar-refractivity contribution >= 4 is 10.9 Å². The Morgan fingerprint density at radius 2 is 1.74 bits per heavy atom. The van der Waals surface area contributed by atoms with Crippen LogP contribution < -0.4 is 14.8 Å². The number of methoxy groups -OCH3 is 1. The molecular formula is C20H22F3N2O2+. The summed E-state index contributed by atoms with van der Waals surface area (Å²) in [4.78, 5) is 3.39. The van der Waals surface area contributed by atoms with Gasteiger partial charge in [0.2, 0.25) is 0 Å². The number of nitrogens with one attached hydrogen (secondary N) is 1. The molecule has 0 saturated carbocycles. The number of quaternary nitrogens is 1. The van der Waals surface area contributed by atoms with Crippen molar-refractivity contribution < 1.29 is 28.0 Å². The Morgan fingerprint density at radius 1 is 1.04 bits per heavy atom. The summed E-state index contributed by atoms with van der Waals surface area (Å²) in [7, 11) is 1.65. The van der Waals surface area contributed by atoms with E-state index >= 15 is 0 Å². The summed E-state index contributed by atoms with van der Waals surface area (Å²) in [5.74, 6) is 0.627. The second kappa shape index (κ2) is 7.92. The number of aryl methyl sites for hydroxylation is 1. The summed E-state index contributed by atoms with van der Waals surface area (Å²) in [6.07, 6.45) is -3.78. The summed E-state index contributed by atoms with van der Waals surface area (Å²) < 4.78 is 45.7. The van der Waals surface area contributed by atoms with Gasteiger partial charge in [-0.2, -0.15) is 0 Å². The van der Waals surface area contributed by atoms with Crippen LogP contribution in [0.15, 0.2) is 42.5 Å². The van der Waals surface area contributed by atoms with Crippen LogP contribution in [0.3, 0.4) is 0 Å². The predicted molar refractivity (Wildman–Crippen MR) is 96.9 cm³/mol. The van der Waals surface area contributed by atoms with Gasteiger partial charge in [-0.15, -0.1) is 13.2 Å². The zero-order valence-electron chi connectivity index (χ0n) is 15.2. The molecule has 0 radical (unpaired) electrons. The number of fused-ring (bicyclic) bond motifs is 1. The fourth-order valence-corrected chi connectivity index (χ4v) is 3.15. The lowest BCUT2D eigenvalue weighted by Crippen LogP contribution is -2.83. The van der Waals surface area contributed by atoms with Gasteiger partial charge in [-0.3, -0.25) is 0 Å². The van der Waals surface area contributed by atoms with Crippen molar-refractivity contribution in [3.05, 3.63) is 59.3 Å². The zero-order chi connectivity index (χ0) is 19.4. The Kier molecular flexibility index (Phi) is 5.60. The Bertz CT molecular complexity index is 902. The molecule has 0 unspecified atom stereocenters. The maximum absolute atomic E-state index is 12.2.